The van der Waals surface area contributed by atoms with Crippen molar-refractivity contribution in [2.45, 2.75) is 182 Å². The number of alkyl halides is 1. The van der Waals surface area contributed by atoms with Gasteiger partial charge in [0.15, 0.2) is 0 Å². The molecule has 0 aliphatic heterocycles. The zero-order valence-electron chi connectivity index (χ0n) is 62.0. The molecule has 0 radical (unpaired) electrons. The molecule has 0 heterocycles. The number of aryl methyl sites for hydroxylation is 4. The quantitative estimate of drug-likeness (QED) is 0.0277. The number of nitrogens with zero attached hydrogens (tertiary/aromatic N) is 2. The van der Waals surface area contributed by atoms with Gasteiger partial charge in [-0.3, -0.25) is 0 Å². The predicted octanol–water partition coefficient (Wildman–Crippen LogP) is 28.5. The maximum Gasteiger partial charge on any atom is 0.0464 e. The van der Waals surface area contributed by atoms with Gasteiger partial charge in [0.2, 0.25) is 0 Å². The Morgan fingerprint density at radius 2 is 0.620 bits per heavy atom. The van der Waals surface area contributed by atoms with E-state index < -0.39 is 0 Å². The van der Waals surface area contributed by atoms with Gasteiger partial charge in [0.05, 0.1) is 0 Å². The van der Waals surface area contributed by atoms with Crippen molar-refractivity contribution in [1.82, 2.24) is 0 Å². The lowest BCUT2D eigenvalue weighted by molar-refractivity contribution is 0.476. The highest BCUT2D eigenvalue weighted by Gasteiger charge is 2.24. The molecule has 0 saturated heterocycles. The van der Waals surface area contributed by atoms with E-state index in [1.807, 2.05) is 0 Å². The van der Waals surface area contributed by atoms with Gasteiger partial charge in [-0.2, -0.15) is 0 Å². The summed E-state index contributed by atoms with van der Waals surface area (Å²) < 4.78 is 0.110. The van der Waals surface area contributed by atoms with Gasteiger partial charge in [0.1, 0.15) is 0 Å². The van der Waals surface area contributed by atoms with Crippen LogP contribution < -0.4 is 15.5 Å². The van der Waals surface area contributed by atoms with Gasteiger partial charge in [-0.05, 0) is 275 Å². The van der Waals surface area contributed by atoms with Crippen LogP contribution in [0.1, 0.15) is 178 Å². The monoisotopic (exact) mass is 1430 g/mol. The third-order valence-electron chi connectivity index (χ3n) is 20.9. The van der Waals surface area contributed by atoms with Crippen LogP contribution in [0.3, 0.4) is 0 Å². The van der Waals surface area contributed by atoms with E-state index in [4.69, 9.17) is 5.73 Å². The van der Waals surface area contributed by atoms with Gasteiger partial charge in [-0.1, -0.05) is 286 Å². The summed E-state index contributed by atoms with van der Waals surface area (Å²) in [6, 6.07) is 92.8. The van der Waals surface area contributed by atoms with E-state index in [1.54, 1.807) is 0 Å². The van der Waals surface area contributed by atoms with Gasteiger partial charge in [-0.15, -0.1) is 0 Å². The lowest BCUT2D eigenvalue weighted by atomic mass is 9.84. The Bertz CT molecular complexity index is 4130. The van der Waals surface area contributed by atoms with Crippen LogP contribution in [0.5, 0.6) is 0 Å². The fraction of sp³-hybridized carbons (Fsp3) is 0.312. The Labute approximate surface area is 615 Å². The Kier molecular flexibility index (Phi) is 24.4. The standard InChI is InChI=1S/C96H108IN3/c1-13-17-19-21-23-81-66-94(92-60-58-90(64-70(92)10)100(86-51-39-78(40-52-86)74-31-27-72(28-32-74)62-68(7)8)88-55-43-80(44-56-88)76-35-47-84(48-36-76)96(12,98)16-4)82(24-22-20-18-14-2)65-93(81)91-59-57-89(63-69(91)9)99(85-49-37-77(38-50-85)73-29-25-71(26-30-73)61-67(5)6)87-53-41-79(42-54-87)75-33-45-83(46-34-75)95(11,97)15-3/h25-60,63-68H,13-24,61-62,98H2,1-12H3. The minimum Gasteiger partial charge on any atom is -0.322 e. The van der Waals surface area contributed by atoms with E-state index in [0.717, 1.165) is 91.1 Å². The van der Waals surface area contributed by atoms with E-state index in [2.05, 4.69) is 358 Å². The number of benzene rings is 11. The topological polar surface area (TPSA) is 32.5 Å². The van der Waals surface area contributed by atoms with Crippen LogP contribution in [0.25, 0.3) is 66.8 Å². The summed E-state index contributed by atoms with van der Waals surface area (Å²) in [7, 11) is 0. The summed E-state index contributed by atoms with van der Waals surface area (Å²) in [5, 5.41) is 0. The molecule has 514 valence electrons. The fourth-order valence-electron chi connectivity index (χ4n) is 14.4. The Morgan fingerprint density at radius 3 is 0.900 bits per heavy atom. The molecule has 11 rings (SSSR count). The van der Waals surface area contributed by atoms with Crippen LogP contribution in [-0.2, 0) is 34.6 Å². The molecule has 11 aromatic rings. The van der Waals surface area contributed by atoms with Crippen molar-refractivity contribution in [3.63, 3.8) is 0 Å². The number of halogens is 1. The van der Waals surface area contributed by atoms with Crippen LogP contribution in [0, 0.1) is 25.7 Å². The second-order valence-corrected chi connectivity index (χ2v) is 32.1. The van der Waals surface area contributed by atoms with Crippen molar-refractivity contribution in [1.29, 1.82) is 0 Å². The third kappa shape index (κ3) is 17.7. The molecular weight excluding hydrogens is 1320 g/mol. The Balaban J connectivity index is 0.973. The fourth-order valence-corrected chi connectivity index (χ4v) is 14.8. The first kappa shape index (κ1) is 72.9. The molecule has 2 unspecified atom stereocenters. The lowest BCUT2D eigenvalue weighted by Crippen LogP contribution is -2.31. The third-order valence-corrected chi connectivity index (χ3v) is 22.3. The molecule has 0 aromatic heterocycles. The first-order valence-corrected chi connectivity index (χ1v) is 38.7. The van der Waals surface area contributed by atoms with Gasteiger partial charge in [0, 0.05) is 43.1 Å². The summed E-state index contributed by atoms with van der Waals surface area (Å²) in [6.07, 6.45) is 15.8. The highest BCUT2D eigenvalue weighted by atomic mass is 127. The van der Waals surface area contributed by atoms with Gasteiger partial charge in [0.25, 0.3) is 0 Å². The minimum absolute atomic E-state index is 0.110. The van der Waals surface area contributed by atoms with Crippen molar-refractivity contribution in [2.75, 3.05) is 9.80 Å². The number of hydrogen-bond acceptors (Lipinski definition) is 3. The second-order valence-electron chi connectivity index (χ2n) is 29.7. The highest BCUT2D eigenvalue weighted by molar-refractivity contribution is 14.1. The van der Waals surface area contributed by atoms with Crippen LogP contribution in [0.4, 0.5) is 34.1 Å². The van der Waals surface area contributed by atoms with E-state index in [9.17, 15) is 0 Å². The van der Waals surface area contributed by atoms with E-state index >= 15 is 0 Å². The number of nitrogens with two attached hydrogens (primary N) is 1. The number of anilines is 6. The van der Waals surface area contributed by atoms with Gasteiger partial charge >= 0.3 is 0 Å². The summed E-state index contributed by atoms with van der Waals surface area (Å²) >= 11 is 2.60. The molecule has 0 fully saturated rings. The molecule has 2 atom stereocenters. The lowest BCUT2D eigenvalue weighted by Gasteiger charge is -2.28. The Hall–Kier alpha value is -8.29. The maximum absolute atomic E-state index is 6.69. The minimum atomic E-state index is -0.358. The van der Waals surface area contributed by atoms with E-state index in [0.29, 0.717) is 11.8 Å². The SMILES string of the molecule is CCCCCCc1cc(-c2ccc(N(c3ccc(-c4ccc(CC(C)C)cc4)cc3)c3ccc(-c4ccc(C(C)(I)CC)cc4)cc3)cc2C)c(CCCCCC)cc1-c1ccc(N(c2ccc(-c3ccc(CC(C)C)cc3)cc2)c2ccc(-c3ccc(C(C)(N)CC)cc3)cc2)cc1C. The van der Waals surface area contributed by atoms with Crippen molar-refractivity contribution in [2.24, 2.45) is 17.6 Å². The molecule has 0 spiro atoms. The Morgan fingerprint density at radius 1 is 0.330 bits per heavy atom. The van der Waals surface area contributed by atoms with Crippen LogP contribution in [-0.4, -0.2) is 0 Å². The van der Waals surface area contributed by atoms with Crippen molar-refractivity contribution < 1.29 is 0 Å². The summed E-state index contributed by atoms with van der Waals surface area (Å²) in [5.41, 5.74) is 38.9. The zero-order chi connectivity index (χ0) is 70.5. The molecule has 100 heavy (non-hydrogen) atoms. The van der Waals surface area contributed by atoms with Gasteiger partial charge in [-0.25, -0.2) is 0 Å². The van der Waals surface area contributed by atoms with Crippen LogP contribution in [0.15, 0.2) is 243 Å². The molecule has 2 N–H and O–H groups in total. The maximum atomic E-state index is 6.69. The zero-order valence-corrected chi connectivity index (χ0v) is 64.2. The molecule has 0 aliphatic carbocycles. The largest absolute Gasteiger partial charge is 0.322 e. The second kappa shape index (κ2) is 33.5. The summed E-state index contributed by atoms with van der Waals surface area (Å²) in [6.45, 7) is 27.3. The molecule has 0 amide bonds. The predicted molar refractivity (Wildman–Crippen MR) is 444 cm³/mol. The summed E-state index contributed by atoms with van der Waals surface area (Å²) in [5.74, 6) is 1.24. The number of unbranched alkanes of at least 4 members (excludes halogenated alkanes) is 6. The molecule has 3 nitrogen and oxygen atoms in total. The molecular formula is C96H108IN3. The van der Waals surface area contributed by atoms with Crippen molar-refractivity contribution in [3.05, 3.63) is 287 Å². The smallest absolute Gasteiger partial charge is 0.0464 e. The highest BCUT2D eigenvalue weighted by Crippen LogP contribution is 2.45. The summed E-state index contributed by atoms with van der Waals surface area (Å²) in [4.78, 5) is 4.89. The molecule has 0 saturated carbocycles. The van der Waals surface area contributed by atoms with E-state index in [-0.39, 0.29) is 8.96 Å². The van der Waals surface area contributed by atoms with E-state index in [1.165, 1.54) is 144 Å². The molecule has 0 aliphatic rings. The average molecular weight is 1430 g/mol. The molecule has 4 heteroatoms. The van der Waals surface area contributed by atoms with Crippen LogP contribution >= 0.6 is 22.6 Å². The molecule has 0 bridgehead atoms. The number of rotatable bonds is 30. The van der Waals surface area contributed by atoms with Gasteiger partial charge < -0.3 is 15.5 Å². The van der Waals surface area contributed by atoms with Crippen LogP contribution in [0.2, 0.25) is 0 Å². The normalized spacial score (nSPS) is 12.8. The molecule has 11 aromatic carbocycles. The first-order valence-electron chi connectivity index (χ1n) is 37.6. The average Bonchev–Trinajstić information content (AvgIpc) is 0.771. The first-order chi connectivity index (χ1) is 48.3. The van der Waals surface area contributed by atoms with Crippen molar-refractivity contribution >= 4 is 56.7 Å². The number of hydrogen-bond donors (Lipinski definition) is 1. The van der Waals surface area contributed by atoms with Crippen molar-refractivity contribution in [3.8, 4) is 66.8 Å².